The molecule has 2 N–H and O–H groups in total. The summed E-state index contributed by atoms with van der Waals surface area (Å²) < 4.78 is 23.5. The Bertz CT molecular complexity index is 601. The summed E-state index contributed by atoms with van der Waals surface area (Å²) in [6.07, 6.45) is 1.26. The van der Waals surface area contributed by atoms with Crippen LogP contribution in [0.2, 0.25) is 0 Å². The molecule has 1 aromatic rings. The van der Waals surface area contributed by atoms with Crippen molar-refractivity contribution < 1.29 is 23.5 Å². The highest BCUT2D eigenvalue weighted by Gasteiger charge is 2.14. The van der Waals surface area contributed by atoms with Crippen molar-refractivity contribution in [2.75, 3.05) is 26.3 Å². The molecule has 0 saturated heterocycles. The van der Waals surface area contributed by atoms with Crippen molar-refractivity contribution in [2.24, 2.45) is 0 Å². The molecular formula is C15H17FN2O4. The highest BCUT2D eigenvalue weighted by atomic mass is 19.1. The van der Waals surface area contributed by atoms with Crippen LogP contribution in [0.3, 0.4) is 0 Å². The summed E-state index contributed by atoms with van der Waals surface area (Å²) in [6, 6.07) is 4.27. The van der Waals surface area contributed by atoms with Gasteiger partial charge in [-0.2, -0.15) is 0 Å². The van der Waals surface area contributed by atoms with Crippen molar-refractivity contribution in [3.8, 4) is 0 Å². The zero-order chi connectivity index (χ0) is 15.9. The van der Waals surface area contributed by atoms with Crippen LogP contribution in [-0.2, 0) is 14.3 Å². The van der Waals surface area contributed by atoms with Crippen LogP contribution in [0.1, 0.15) is 15.9 Å². The maximum atomic E-state index is 13.4. The first-order valence-electron chi connectivity index (χ1n) is 6.85. The molecule has 2 rings (SSSR count). The van der Waals surface area contributed by atoms with Crippen LogP contribution in [0.4, 0.5) is 4.39 Å². The molecule has 0 radical (unpaired) electrons. The van der Waals surface area contributed by atoms with Gasteiger partial charge in [0.25, 0.3) is 11.8 Å². The van der Waals surface area contributed by atoms with Crippen molar-refractivity contribution in [3.05, 3.63) is 47.2 Å². The highest BCUT2D eigenvalue weighted by molar-refractivity contribution is 5.94. The molecule has 0 unspecified atom stereocenters. The predicted molar refractivity (Wildman–Crippen MR) is 76.5 cm³/mol. The number of aryl methyl sites for hydroxylation is 1. The van der Waals surface area contributed by atoms with Crippen LogP contribution in [0.25, 0.3) is 0 Å². The average Bonchev–Trinajstić information content (AvgIpc) is 2.54. The number of ether oxygens (including phenoxy) is 2. The lowest BCUT2D eigenvalue weighted by Crippen LogP contribution is -2.36. The molecule has 0 aromatic heterocycles. The van der Waals surface area contributed by atoms with Gasteiger partial charge in [0.15, 0.2) is 0 Å². The molecule has 1 aliphatic heterocycles. The van der Waals surface area contributed by atoms with E-state index in [4.69, 9.17) is 9.47 Å². The third-order valence-electron chi connectivity index (χ3n) is 3.00. The molecule has 0 bridgehead atoms. The largest absolute Gasteiger partial charge is 0.494 e. The van der Waals surface area contributed by atoms with Gasteiger partial charge in [-0.15, -0.1) is 0 Å². The van der Waals surface area contributed by atoms with Gasteiger partial charge in [0.05, 0.1) is 0 Å². The third kappa shape index (κ3) is 4.21. The van der Waals surface area contributed by atoms with Crippen molar-refractivity contribution >= 4 is 11.8 Å². The van der Waals surface area contributed by atoms with E-state index in [1.807, 2.05) is 0 Å². The third-order valence-corrected chi connectivity index (χ3v) is 3.00. The Balaban J connectivity index is 1.74. The predicted octanol–water partition coefficient (Wildman–Crippen LogP) is 0.868. The zero-order valence-corrected chi connectivity index (χ0v) is 12.1. The summed E-state index contributed by atoms with van der Waals surface area (Å²) in [5, 5.41) is 5.17. The standard InChI is InChI=1S/C15H17FN2O4/c1-10-2-3-11(8-12(10)16)14(19)17-4-5-18-15(20)13-9-21-6-7-22-13/h2-3,8-9H,4-7H2,1H3,(H,17,19)(H,18,20). The summed E-state index contributed by atoms with van der Waals surface area (Å²) in [7, 11) is 0. The number of benzene rings is 1. The Kier molecular flexibility index (Phi) is 5.35. The second-order valence-electron chi connectivity index (χ2n) is 4.68. The second kappa shape index (κ2) is 7.44. The minimum Gasteiger partial charge on any atom is -0.494 e. The fourth-order valence-electron chi connectivity index (χ4n) is 1.76. The van der Waals surface area contributed by atoms with Crippen LogP contribution in [0.5, 0.6) is 0 Å². The smallest absolute Gasteiger partial charge is 0.289 e. The molecule has 0 aliphatic carbocycles. The van der Waals surface area contributed by atoms with E-state index in [2.05, 4.69) is 10.6 Å². The van der Waals surface area contributed by atoms with Gasteiger partial charge in [-0.25, -0.2) is 4.39 Å². The lowest BCUT2D eigenvalue weighted by molar-refractivity contribution is -0.122. The summed E-state index contributed by atoms with van der Waals surface area (Å²) in [5.41, 5.74) is 0.716. The summed E-state index contributed by atoms with van der Waals surface area (Å²) >= 11 is 0. The van der Waals surface area contributed by atoms with E-state index in [0.717, 1.165) is 0 Å². The molecule has 6 nitrogen and oxygen atoms in total. The molecule has 22 heavy (non-hydrogen) atoms. The van der Waals surface area contributed by atoms with Crippen LogP contribution in [0.15, 0.2) is 30.2 Å². The van der Waals surface area contributed by atoms with Gasteiger partial charge in [-0.05, 0) is 24.6 Å². The number of halogens is 1. The number of carbonyl (C=O) groups is 2. The van der Waals surface area contributed by atoms with E-state index < -0.39 is 17.6 Å². The van der Waals surface area contributed by atoms with Crippen molar-refractivity contribution in [2.45, 2.75) is 6.92 Å². The van der Waals surface area contributed by atoms with Gasteiger partial charge < -0.3 is 20.1 Å². The first kappa shape index (κ1) is 15.8. The topological polar surface area (TPSA) is 76.7 Å². The Hall–Kier alpha value is -2.57. The van der Waals surface area contributed by atoms with Crippen LogP contribution >= 0.6 is 0 Å². The molecule has 0 spiro atoms. The van der Waals surface area contributed by atoms with Gasteiger partial charge in [-0.3, -0.25) is 9.59 Å². The Morgan fingerprint density at radius 3 is 2.55 bits per heavy atom. The minimum atomic E-state index is -0.428. The first-order chi connectivity index (χ1) is 10.6. The Morgan fingerprint density at radius 1 is 1.18 bits per heavy atom. The van der Waals surface area contributed by atoms with E-state index in [1.54, 1.807) is 19.1 Å². The second-order valence-corrected chi connectivity index (χ2v) is 4.68. The lowest BCUT2D eigenvalue weighted by atomic mass is 10.1. The van der Waals surface area contributed by atoms with Gasteiger partial charge in [0.2, 0.25) is 5.76 Å². The monoisotopic (exact) mass is 308 g/mol. The Morgan fingerprint density at radius 2 is 1.91 bits per heavy atom. The van der Waals surface area contributed by atoms with Gasteiger partial charge >= 0.3 is 0 Å². The van der Waals surface area contributed by atoms with Crippen LogP contribution in [0, 0.1) is 12.7 Å². The molecule has 1 aliphatic rings. The van der Waals surface area contributed by atoms with E-state index in [0.29, 0.717) is 18.8 Å². The molecule has 1 aromatic carbocycles. The number of carbonyl (C=O) groups excluding carboxylic acids is 2. The van der Waals surface area contributed by atoms with Crippen molar-refractivity contribution in [3.63, 3.8) is 0 Å². The summed E-state index contributed by atoms with van der Waals surface area (Å²) in [6.45, 7) is 2.81. The number of amides is 2. The van der Waals surface area contributed by atoms with E-state index in [-0.39, 0.29) is 24.4 Å². The lowest BCUT2D eigenvalue weighted by Gasteiger charge is -2.15. The maximum absolute atomic E-state index is 13.4. The fourth-order valence-corrected chi connectivity index (χ4v) is 1.76. The number of rotatable bonds is 5. The molecule has 0 atom stereocenters. The van der Waals surface area contributed by atoms with E-state index >= 15 is 0 Å². The molecule has 1 heterocycles. The molecule has 7 heteroatoms. The number of nitrogens with one attached hydrogen (secondary N) is 2. The zero-order valence-electron chi connectivity index (χ0n) is 12.1. The van der Waals surface area contributed by atoms with Crippen LogP contribution in [-0.4, -0.2) is 38.1 Å². The van der Waals surface area contributed by atoms with E-state index in [9.17, 15) is 14.0 Å². The molecule has 118 valence electrons. The van der Waals surface area contributed by atoms with Crippen molar-refractivity contribution in [1.82, 2.24) is 10.6 Å². The van der Waals surface area contributed by atoms with E-state index in [1.165, 1.54) is 12.3 Å². The quantitative estimate of drug-likeness (QED) is 0.791. The van der Waals surface area contributed by atoms with Crippen molar-refractivity contribution in [1.29, 1.82) is 0 Å². The van der Waals surface area contributed by atoms with Gasteiger partial charge in [0, 0.05) is 18.7 Å². The summed E-state index contributed by atoms with van der Waals surface area (Å²) in [5.74, 6) is -1.12. The number of hydrogen-bond donors (Lipinski definition) is 2. The first-order valence-corrected chi connectivity index (χ1v) is 6.85. The minimum absolute atomic E-state index is 0.109. The summed E-state index contributed by atoms with van der Waals surface area (Å²) in [4.78, 5) is 23.5. The molecular weight excluding hydrogens is 291 g/mol. The Labute approximate surface area is 127 Å². The molecule has 0 fully saturated rings. The molecule has 0 saturated carbocycles. The number of hydrogen-bond acceptors (Lipinski definition) is 4. The van der Waals surface area contributed by atoms with Gasteiger partial charge in [0.1, 0.15) is 25.3 Å². The highest BCUT2D eigenvalue weighted by Crippen LogP contribution is 2.08. The maximum Gasteiger partial charge on any atom is 0.289 e. The van der Waals surface area contributed by atoms with Crippen LogP contribution < -0.4 is 10.6 Å². The SMILES string of the molecule is Cc1ccc(C(=O)NCCNC(=O)C2=COCCO2)cc1F. The average molecular weight is 308 g/mol. The van der Waals surface area contributed by atoms with Gasteiger partial charge in [-0.1, -0.05) is 6.07 Å². The fraction of sp³-hybridized carbons (Fsp3) is 0.333. The molecule has 2 amide bonds. The normalized spacial score (nSPS) is 13.5.